The van der Waals surface area contributed by atoms with Crippen molar-refractivity contribution in [1.82, 2.24) is 0 Å². The van der Waals surface area contributed by atoms with Gasteiger partial charge in [-0.1, -0.05) is 75.9 Å². The minimum atomic E-state index is -0.666. The molecule has 0 fully saturated rings. The number of unbranched alkanes of at least 4 members (excludes halogenated alkanes) is 6. The van der Waals surface area contributed by atoms with E-state index in [1.165, 1.54) is 0 Å². The van der Waals surface area contributed by atoms with Gasteiger partial charge in [0.15, 0.2) is 0 Å². The highest BCUT2D eigenvalue weighted by molar-refractivity contribution is 5.91. The third-order valence-corrected chi connectivity index (χ3v) is 7.91. The van der Waals surface area contributed by atoms with Crippen LogP contribution in [0.5, 0.6) is 17.2 Å². The molecular weight excluding hydrogens is 652 g/mol. The molecular formula is C41H50O10. The van der Waals surface area contributed by atoms with Gasteiger partial charge in [0.05, 0.1) is 31.0 Å². The molecule has 0 aliphatic heterocycles. The Morgan fingerprint density at radius 1 is 0.549 bits per heavy atom. The fourth-order valence-corrected chi connectivity index (χ4v) is 5.00. The first-order valence-electron chi connectivity index (χ1n) is 17.5. The molecule has 10 nitrogen and oxygen atoms in total. The van der Waals surface area contributed by atoms with Gasteiger partial charge in [-0.2, -0.15) is 0 Å². The zero-order valence-corrected chi connectivity index (χ0v) is 29.2. The normalized spacial score (nSPS) is 11.9. The standard InChI is InChI=1S/C41H50O10/c1-3-39(44)49-29-34(42)13-9-5-7-11-27-47-36-21-19-32(20-22-36)31-15-17-33(18-16-31)41(46)51-38-25-23-37(24-26-38)48-28-12-8-6-10-14-35(43)30-50-40(45)4-2/h3-4,15-26,34-35,42-43H,1-2,5-14,27-30H2. The summed E-state index contributed by atoms with van der Waals surface area (Å²) in [5, 5.41) is 19.7. The first kappa shape index (κ1) is 40.5. The number of aliphatic hydroxyl groups is 2. The van der Waals surface area contributed by atoms with Crippen LogP contribution in [0.4, 0.5) is 0 Å². The topological polar surface area (TPSA) is 138 Å². The van der Waals surface area contributed by atoms with Crippen molar-refractivity contribution >= 4 is 17.9 Å². The van der Waals surface area contributed by atoms with Crippen LogP contribution in [0.1, 0.15) is 74.6 Å². The summed E-state index contributed by atoms with van der Waals surface area (Å²) in [6.07, 6.45) is 9.24. The smallest absolute Gasteiger partial charge is 0.343 e. The molecule has 3 aromatic carbocycles. The number of esters is 3. The summed E-state index contributed by atoms with van der Waals surface area (Å²) in [5.74, 6) is 0.381. The van der Waals surface area contributed by atoms with Gasteiger partial charge in [0.1, 0.15) is 30.5 Å². The summed E-state index contributed by atoms with van der Waals surface area (Å²) >= 11 is 0. The quantitative estimate of drug-likeness (QED) is 0.0397. The second kappa shape index (κ2) is 23.5. The Kier molecular flexibility index (Phi) is 18.6. The van der Waals surface area contributed by atoms with Crippen molar-refractivity contribution in [3.05, 3.63) is 104 Å². The maximum absolute atomic E-state index is 12.7. The van der Waals surface area contributed by atoms with E-state index >= 15 is 0 Å². The average molecular weight is 703 g/mol. The van der Waals surface area contributed by atoms with Gasteiger partial charge in [-0.05, 0) is 85.3 Å². The molecule has 0 aliphatic carbocycles. The molecule has 2 atom stereocenters. The second-order valence-corrected chi connectivity index (χ2v) is 12.0. The number of carbonyl (C=O) groups is 3. The Labute approximate surface area is 300 Å². The first-order valence-corrected chi connectivity index (χ1v) is 17.5. The van der Waals surface area contributed by atoms with Crippen LogP contribution in [0, 0.1) is 0 Å². The van der Waals surface area contributed by atoms with E-state index in [2.05, 4.69) is 13.2 Å². The Bertz CT molecular complexity index is 1480. The van der Waals surface area contributed by atoms with Crippen molar-refractivity contribution in [3.8, 4) is 28.4 Å². The SMILES string of the molecule is C=CC(=O)OCC(O)CCCCCCOc1ccc(OC(=O)c2ccc(-c3ccc(OCCCCCCC(O)COC(=O)C=C)cc3)cc2)cc1. The largest absolute Gasteiger partial charge is 0.494 e. The highest BCUT2D eigenvalue weighted by Crippen LogP contribution is 2.24. The van der Waals surface area contributed by atoms with E-state index in [9.17, 15) is 24.6 Å². The molecule has 3 aromatic rings. The molecule has 3 rings (SSSR count). The number of carbonyl (C=O) groups excluding carboxylic acids is 3. The zero-order chi connectivity index (χ0) is 36.7. The monoisotopic (exact) mass is 702 g/mol. The summed E-state index contributed by atoms with van der Waals surface area (Å²) < 4.78 is 26.9. The molecule has 0 aliphatic rings. The van der Waals surface area contributed by atoms with E-state index in [4.69, 9.17) is 23.7 Å². The zero-order valence-electron chi connectivity index (χ0n) is 29.2. The number of rotatable bonds is 25. The van der Waals surface area contributed by atoms with Gasteiger partial charge < -0.3 is 33.9 Å². The van der Waals surface area contributed by atoms with E-state index in [1.54, 1.807) is 36.4 Å². The van der Waals surface area contributed by atoms with Crippen molar-refractivity contribution in [2.24, 2.45) is 0 Å². The molecule has 51 heavy (non-hydrogen) atoms. The predicted molar refractivity (Wildman–Crippen MR) is 195 cm³/mol. The maximum Gasteiger partial charge on any atom is 0.343 e. The van der Waals surface area contributed by atoms with Crippen LogP contribution in [0.15, 0.2) is 98.1 Å². The lowest BCUT2D eigenvalue weighted by atomic mass is 10.0. The van der Waals surface area contributed by atoms with Crippen molar-refractivity contribution in [2.75, 3.05) is 26.4 Å². The van der Waals surface area contributed by atoms with E-state index in [0.29, 0.717) is 43.1 Å². The summed E-state index contributed by atoms with van der Waals surface area (Å²) in [5.41, 5.74) is 2.40. The molecule has 2 unspecified atom stereocenters. The molecule has 0 aromatic heterocycles. The number of hydrogen-bond donors (Lipinski definition) is 2. The predicted octanol–water partition coefficient (Wildman–Crippen LogP) is 7.41. The second-order valence-electron chi connectivity index (χ2n) is 12.0. The average Bonchev–Trinajstić information content (AvgIpc) is 3.16. The lowest BCUT2D eigenvalue weighted by Gasteiger charge is -2.11. The maximum atomic E-state index is 12.7. The summed E-state index contributed by atoms with van der Waals surface area (Å²) in [4.78, 5) is 34.8. The molecule has 0 amide bonds. The van der Waals surface area contributed by atoms with Crippen LogP contribution < -0.4 is 14.2 Å². The van der Waals surface area contributed by atoms with Crippen LogP contribution in [-0.4, -0.2) is 66.8 Å². The minimum Gasteiger partial charge on any atom is -0.494 e. The van der Waals surface area contributed by atoms with Crippen LogP contribution in [0.25, 0.3) is 11.1 Å². The van der Waals surface area contributed by atoms with Crippen LogP contribution in [-0.2, 0) is 19.1 Å². The van der Waals surface area contributed by atoms with E-state index < -0.39 is 30.1 Å². The fraction of sp³-hybridized carbons (Fsp3) is 0.390. The number of benzene rings is 3. The van der Waals surface area contributed by atoms with Gasteiger partial charge in [0.25, 0.3) is 0 Å². The van der Waals surface area contributed by atoms with Crippen molar-refractivity contribution in [3.63, 3.8) is 0 Å². The lowest BCUT2D eigenvalue weighted by Crippen LogP contribution is -2.17. The molecule has 274 valence electrons. The molecule has 0 radical (unpaired) electrons. The highest BCUT2D eigenvalue weighted by Gasteiger charge is 2.11. The lowest BCUT2D eigenvalue weighted by molar-refractivity contribution is -0.141. The Balaban J connectivity index is 1.28. The van der Waals surface area contributed by atoms with E-state index in [1.807, 2.05) is 36.4 Å². The number of hydrogen-bond acceptors (Lipinski definition) is 10. The van der Waals surface area contributed by atoms with Gasteiger partial charge in [-0.3, -0.25) is 0 Å². The Hall–Kier alpha value is -4.93. The summed E-state index contributed by atoms with van der Waals surface area (Å²) in [6, 6.07) is 22.0. The number of aliphatic hydroxyl groups excluding tert-OH is 2. The van der Waals surface area contributed by atoms with Crippen molar-refractivity contribution in [1.29, 1.82) is 0 Å². The molecule has 0 saturated heterocycles. The number of ether oxygens (including phenoxy) is 5. The Morgan fingerprint density at radius 2 is 0.941 bits per heavy atom. The molecule has 0 heterocycles. The summed E-state index contributed by atoms with van der Waals surface area (Å²) in [6.45, 7) is 7.77. The molecule has 10 heteroatoms. The van der Waals surface area contributed by atoms with Gasteiger partial charge >= 0.3 is 17.9 Å². The minimum absolute atomic E-state index is 0.00627. The van der Waals surface area contributed by atoms with E-state index in [-0.39, 0.29) is 13.2 Å². The first-order chi connectivity index (χ1) is 24.8. The van der Waals surface area contributed by atoms with Gasteiger partial charge in [0.2, 0.25) is 0 Å². The van der Waals surface area contributed by atoms with Gasteiger partial charge in [-0.25, -0.2) is 14.4 Å². The molecule has 0 spiro atoms. The molecule has 0 saturated carbocycles. The molecule has 0 bridgehead atoms. The third kappa shape index (κ3) is 16.6. The van der Waals surface area contributed by atoms with Gasteiger partial charge in [0, 0.05) is 12.2 Å². The Morgan fingerprint density at radius 3 is 1.39 bits per heavy atom. The fourth-order valence-electron chi connectivity index (χ4n) is 5.00. The highest BCUT2D eigenvalue weighted by atomic mass is 16.5. The third-order valence-electron chi connectivity index (χ3n) is 7.91. The summed E-state index contributed by atoms with van der Waals surface area (Å²) in [7, 11) is 0. The van der Waals surface area contributed by atoms with Crippen LogP contribution in [0.3, 0.4) is 0 Å². The van der Waals surface area contributed by atoms with E-state index in [0.717, 1.165) is 80.4 Å². The van der Waals surface area contributed by atoms with Crippen molar-refractivity contribution < 1.29 is 48.3 Å². The van der Waals surface area contributed by atoms with Crippen LogP contribution in [0.2, 0.25) is 0 Å². The van der Waals surface area contributed by atoms with Crippen LogP contribution >= 0.6 is 0 Å². The van der Waals surface area contributed by atoms with Crippen molar-refractivity contribution in [2.45, 2.75) is 76.4 Å². The van der Waals surface area contributed by atoms with Gasteiger partial charge in [-0.15, -0.1) is 0 Å². The molecule has 2 N–H and O–H groups in total.